The lowest BCUT2D eigenvalue weighted by Gasteiger charge is -2.39. The van der Waals surface area contributed by atoms with Crippen LogP contribution in [0.5, 0.6) is 0 Å². The zero-order chi connectivity index (χ0) is 12.5. The largest absolute Gasteiger partial charge is 0.374 e. The van der Waals surface area contributed by atoms with Gasteiger partial charge in [-0.2, -0.15) is 0 Å². The van der Waals surface area contributed by atoms with Gasteiger partial charge in [0, 0.05) is 37.3 Å². The van der Waals surface area contributed by atoms with E-state index in [0.717, 1.165) is 32.8 Å². The van der Waals surface area contributed by atoms with Crippen LogP contribution < -0.4 is 0 Å². The van der Waals surface area contributed by atoms with E-state index in [-0.39, 0.29) is 0 Å². The van der Waals surface area contributed by atoms with Gasteiger partial charge in [0.05, 0.1) is 25.3 Å². The second-order valence-corrected chi connectivity index (χ2v) is 6.41. The Hall–Kier alpha value is -0.490. The third-order valence-electron chi connectivity index (χ3n) is 3.93. The summed E-state index contributed by atoms with van der Waals surface area (Å²) in [4.78, 5) is 9.45. The van der Waals surface area contributed by atoms with Crippen molar-refractivity contribution in [2.24, 2.45) is 0 Å². The fourth-order valence-corrected chi connectivity index (χ4v) is 3.74. The van der Waals surface area contributed by atoms with Gasteiger partial charge in [-0.25, -0.2) is 4.98 Å². The summed E-state index contributed by atoms with van der Waals surface area (Å²) in [6, 6.07) is 1.18. The summed E-state index contributed by atoms with van der Waals surface area (Å²) in [5.41, 5.74) is 0. The maximum Gasteiger partial charge on any atom is 0.107 e. The Labute approximate surface area is 113 Å². The van der Waals surface area contributed by atoms with Gasteiger partial charge in [-0.05, 0) is 13.8 Å². The molecule has 0 spiro atoms. The third kappa shape index (κ3) is 2.45. The van der Waals surface area contributed by atoms with Crippen LogP contribution >= 0.6 is 11.3 Å². The molecule has 0 aliphatic carbocycles. The van der Waals surface area contributed by atoms with E-state index in [9.17, 15) is 0 Å². The highest BCUT2D eigenvalue weighted by Gasteiger charge is 2.40. The van der Waals surface area contributed by atoms with E-state index in [4.69, 9.17) is 4.74 Å². The summed E-state index contributed by atoms with van der Waals surface area (Å²) < 4.78 is 5.93. The summed E-state index contributed by atoms with van der Waals surface area (Å²) in [7, 11) is 0. The minimum Gasteiger partial charge on any atom is -0.374 e. The Morgan fingerprint density at radius 2 is 2.39 bits per heavy atom. The summed E-state index contributed by atoms with van der Waals surface area (Å²) in [5, 5.41) is 3.26. The lowest BCUT2D eigenvalue weighted by atomic mass is 10.1. The first-order chi connectivity index (χ1) is 8.74. The highest BCUT2D eigenvalue weighted by Crippen LogP contribution is 2.25. The molecule has 100 valence electrons. The van der Waals surface area contributed by atoms with Crippen LogP contribution in [0.1, 0.15) is 18.9 Å². The Balaban J connectivity index is 1.65. The van der Waals surface area contributed by atoms with Gasteiger partial charge in [-0.3, -0.25) is 9.80 Å². The molecule has 0 bridgehead atoms. The molecule has 18 heavy (non-hydrogen) atoms. The standard InChI is InChI=1S/C13H21N3OS/c1-10(2)16-4-5-17-12-8-15(7-11(12)16)9-13-14-3-6-18-13/h3,6,10-12H,4-5,7-9H2,1-2H3/t11-,12+/m0/s1. The van der Waals surface area contributed by atoms with E-state index >= 15 is 0 Å². The van der Waals surface area contributed by atoms with Crippen LogP contribution in [-0.4, -0.2) is 59.2 Å². The molecular formula is C13H21N3OS. The van der Waals surface area contributed by atoms with Gasteiger partial charge in [-0.15, -0.1) is 11.3 Å². The van der Waals surface area contributed by atoms with Crippen molar-refractivity contribution in [1.82, 2.24) is 14.8 Å². The van der Waals surface area contributed by atoms with E-state index in [2.05, 4.69) is 34.0 Å². The van der Waals surface area contributed by atoms with Crippen molar-refractivity contribution in [3.05, 3.63) is 16.6 Å². The van der Waals surface area contributed by atoms with Crippen LogP contribution in [0, 0.1) is 0 Å². The number of likely N-dealkylation sites (tertiary alicyclic amines) is 1. The molecule has 0 aromatic carbocycles. The third-order valence-corrected chi connectivity index (χ3v) is 4.69. The number of aromatic nitrogens is 1. The molecule has 4 nitrogen and oxygen atoms in total. The number of morpholine rings is 1. The molecule has 3 heterocycles. The van der Waals surface area contributed by atoms with Crippen LogP contribution in [0.2, 0.25) is 0 Å². The first-order valence-corrected chi connectivity index (χ1v) is 7.60. The zero-order valence-electron chi connectivity index (χ0n) is 11.1. The molecule has 1 aromatic heterocycles. The molecule has 2 atom stereocenters. The summed E-state index contributed by atoms with van der Waals surface area (Å²) in [6.07, 6.45) is 2.28. The number of fused-ring (bicyclic) bond motifs is 1. The molecule has 2 aliphatic rings. The molecular weight excluding hydrogens is 246 g/mol. The van der Waals surface area contributed by atoms with E-state index in [1.165, 1.54) is 5.01 Å². The molecule has 0 N–H and O–H groups in total. The van der Waals surface area contributed by atoms with Crippen LogP contribution in [0.25, 0.3) is 0 Å². The fraction of sp³-hybridized carbons (Fsp3) is 0.769. The van der Waals surface area contributed by atoms with Gasteiger partial charge >= 0.3 is 0 Å². The molecule has 0 unspecified atom stereocenters. The minimum atomic E-state index is 0.390. The Morgan fingerprint density at radius 3 is 3.11 bits per heavy atom. The van der Waals surface area contributed by atoms with Gasteiger partial charge in [0.25, 0.3) is 0 Å². The van der Waals surface area contributed by atoms with Gasteiger partial charge in [0.1, 0.15) is 5.01 Å². The first-order valence-electron chi connectivity index (χ1n) is 6.72. The molecule has 2 saturated heterocycles. The maximum absolute atomic E-state index is 5.93. The fourth-order valence-electron chi connectivity index (χ4n) is 3.08. The van der Waals surface area contributed by atoms with Crippen molar-refractivity contribution in [1.29, 1.82) is 0 Å². The van der Waals surface area contributed by atoms with E-state index < -0.39 is 0 Å². The van der Waals surface area contributed by atoms with Crippen molar-refractivity contribution in [2.75, 3.05) is 26.2 Å². The predicted octanol–water partition coefficient (Wildman–Crippen LogP) is 1.44. The average molecular weight is 267 g/mol. The van der Waals surface area contributed by atoms with Crippen molar-refractivity contribution in [3.8, 4) is 0 Å². The monoisotopic (exact) mass is 267 g/mol. The number of hydrogen-bond donors (Lipinski definition) is 0. The molecule has 3 rings (SSSR count). The number of ether oxygens (including phenoxy) is 1. The topological polar surface area (TPSA) is 28.6 Å². The second kappa shape index (κ2) is 5.25. The quantitative estimate of drug-likeness (QED) is 0.828. The number of nitrogens with zero attached hydrogens (tertiary/aromatic N) is 3. The molecule has 1 aromatic rings. The van der Waals surface area contributed by atoms with Gasteiger partial charge in [0.15, 0.2) is 0 Å². The number of hydrogen-bond acceptors (Lipinski definition) is 5. The molecule has 2 fully saturated rings. The molecule has 5 heteroatoms. The van der Waals surface area contributed by atoms with E-state index in [1.807, 2.05) is 6.20 Å². The second-order valence-electron chi connectivity index (χ2n) is 5.43. The van der Waals surface area contributed by atoms with Gasteiger partial charge < -0.3 is 4.74 Å². The summed E-state index contributed by atoms with van der Waals surface area (Å²) >= 11 is 1.74. The molecule has 2 aliphatic heterocycles. The minimum absolute atomic E-state index is 0.390. The normalized spacial score (nSPS) is 29.9. The SMILES string of the molecule is CC(C)N1CCO[C@@H]2CN(Cc3nccs3)C[C@@H]21. The molecule has 0 saturated carbocycles. The number of thiazole rings is 1. The number of rotatable bonds is 3. The van der Waals surface area contributed by atoms with Crippen LogP contribution in [0.3, 0.4) is 0 Å². The highest BCUT2D eigenvalue weighted by molar-refractivity contribution is 7.09. The summed E-state index contributed by atoms with van der Waals surface area (Å²) in [6.45, 7) is 9.65. The maximum atomic E-state index is 5.93. The average Bonchev–Trinajstić information content (AvgIpc) is 2.96. The van der Waals surface area contributed by atoms with Crippen LogP contribution in [0.15, 0.2) is 11.6 Å². The predicted molar refractivity (Wildman–Crippen MR) is 72.8 cm³/mol. The smallest absolute Gasteiger partial charge is 0.107 e. The Morgan fingerprint density at radius 1 is 1.50 bits per heavy atom. The Kier molecular flexibility index (Phi) is 3.66. The van der Waals surface area contributed by atoms with Gasteiger partial charge in [0.2, 0.25) is 0 Å². The molecule has 0 amide bonds. The van der Waals surface area contributed by atoms with E-state index in [1.54, 1.807) is 11.3 Å². The van der Waals surface area contributed by atoms with Crippen LogP contribution in [0.4, 0.5) is 0 Å². The first kappa shape index (κ1) is 12.5. The van der Waals surface area contributed by atoms with Gasteiger partial charge in [-0.1, -0.05) is 0 Å². The van der Waals surface area contributed by atoms with Crippen molar-refractivity contribution < 1.29 is 4.74 Å². The lowest BCUT2D eigenvalue weighted by Crippen LogP contribution is -2.53. The van der Waals surface area contributed by atoms with E-state index in [0.29, 0.717) is 18.2 Å². The summed E-state index contributed by atoms with van der Waals surface area (Å²) in [5.74, 6) is 0. The van der Waals surface area contributed by atoms with Crippen molar-refractivity contribution in [2.45, 2.75) is 38.6 Å². The zero-order valence-corrected chi connectivity index (χ0v) is 11.9. The van der Waals surface area contributed by atoms with Crippen molar-refractivity contribution in [3.63, 3.8) is 0 Å². The van der Waals surface area contributed by atoms with Crippen molar-refractivity contribution >= 4 is 11.3 Å². The van der Waals surface area contributed by atoms with Crippen LogP contribution in [-0.2, 0) is 11.3 Å². The molecule has 0 radical (unpaired) electrons. The highest BCUT2D eigenvalue weighted by atomic mass is 32.1. The Bertz CT molecular complexity index is 382. The lowest BCUT2D eigenvalue weighted by molar-refractivity contribution is -0.0583.